The van der Waals surface area contributed by atoms with Crippen molar-refractivity contribution in [3.05, 3.63) is 57.0 Å². The maximum atomic E-state index is 12.2. The van der Waals surface area contributed by atoms with E-state index >= 15 is 0 Å². The van der Waals surface area contributed by atoms with Gasteiger partial charge in [-0.3, -0.25) is 9.59 Å². The van der Waals surface area contributed by atoms with E-state index in [1.807, 2.05) is 42.6 Å². The van der Waals surface area contributed by atoms with E-state index in [9.17, 15) is 9.59 Å². The summed E-state index contributed by atoms with van der Waals surface area (Å²) in [6.45, 7) is 2.01. The summed E-state index contributed by atoms with van der Waals surface area (Å²) in [7, 11) is 1.34. The molecule has 0 fully saturated rings. The lowest BCUT2D eigenvalue weighted by atomic mass is 10.2. The highest BCUT2D eigenvalue weighted by Crippen LogP contribution is 2.19. The minimum absolute atomic E-state index is 0.0142. The lowest BCUT2D eigenvalue weighted by molar-refractivity contribution is -0.141. The Morgan fingerprint density at radius 2 is 2.16 bits per heavy atom. The minimum Gasteiger partial charge on any atom is -0.468 e. The maximum Gasteiger partial charge on any atom is 0.325 e. The molecule has 0 aliphatic rings. The second-order valence-corrected chi connectivity index (χ2v) is 7.31. The van der Waals surface area contributed by atoms with Gasteiger partial charge in [0.1, 0.15) is 6.54 Å². The number of fused-ring (bicyclic) bond motifs is 1. The van der Waals surface area contributed by atoms with Crippen molar-refractivity contribution >= 4 is 50.8 Å². The van der Waals surface area contributed by atoms with Crippen LogP contribution >= 0.6 is 22.7 Å². The number of thiazole rings is 1. The molecule has 3 rings (SSSR count). The molecule has 0 saturated heterocycles. The third-order valence-corrected chi connectivity index (χ3v) is 5.37. The van der Waals surface area contributed by atoms with E-state index in [4.69, 9.17) is 4.74 Å². The largest absolute Gasteiger partial charge is 0.468 e. The third kappa shape index (κ3) is 4.12. The number of nitrogens with zero attached hydrogens (tertiary/aromatic N) is 2. The monoisotopic (exact) mass is 372 g/mol. The predicted molar refractivity (Wildman–Crippen MR) is 100 cm³/mol. The second-order valence-electron chi connectivity index (χ2n) is 5.32. The highest BCUT2D eigenvalue weighted by Gasteiger charge is 2.11. The summed E-state index contributed by atoms with van der Waals surface area (Å²) in [5.41, 5.74) is 1.96. The van der Waals surface area contributed by atoms with Crippen molar-refractivity contribution in [2.24, 2.45) is 4.99 Å². The summed E-state index contributed by atoms with van der Waals surface area (Å²) in [4.78, 5) is 29.5. The van der Waals surface area contributed by atoms with Crippen LogP contribution in [-0.2, 0) is 20.9 Å². The minimum atomic E-state index is -0.386. The number of aromatic nitrogens is 1. The van der Waals surface area contributed by atoms with Crippen molar-refractivity contribution in [3.63, 3.8) is 0 Å². The van der Waals surface area contributed by atoms with Gasteiger partial charge in [0.15, 0.2) is 4.80 Å². The molecule has 1 amide bonds. The maximum absolute atomic E-state index is 12.2. The predicted octanol–water partition coefficient (Wildman–Crippen LogP) is 3.39. The number of hydrogen-bond acceptors (Lipinski definition) is 5. The van der Waals surface area contributed by atoms with Crippen molar-refractivity contribution in [1.82, 2.24) is 4.57 Å². The van der Waals surface area contributed by atoms with Crippen LogP contribution in [0.25, 0.3) is 16.3 Å². The Balaban J connectivity index is 2.02. The summed E-state index contributed by atoms with van der Waals surface area (Å²) in [6, 6.07) is 9.75. The Labute approximate surface area is 152 Å². The van der Waals surface area contributed by atoms with Gasteiger partial charge in [-0.25, -0.2) is 0 Å². The molecule has 128 valence electrons. The average Bonchev–Trinajstić information content (AvgIpc) is 3.21. The highest BCUT2D eigenvalue weighted by molar-refractivity contribution is 7.16. The number of hydrogen-bond donors (Lipinski definition) is 0. The van der Waals surface area contributed by atoms with Gasteiger partial charge in [-0.1, -0.05) is 23.5 Å². The second kappa shape index (κ2) is 7.58. The highest BCUT2D eigenvalue weighted by atomic mass is 32.1. The van der Waals surface area contributed by atoms with Gasteiger partial charge in [0.05, 0.1) is 17.3 Å². The standard InChI is InChI=1S/C18H16N2O3S2/c1-12-5-7-14-15(10-12)25-18(20(14)11-17(22)23-2)19-16(21)8-6-13-4-3-9-24-13/h3-10H,11H2,1-2H3/b8-6+,19-18?. The number of amides is 1. The molecule has 3 aromatic rings. The van der Waals surface area contributed by atoms with Crippen molar-refractivity contribution in [2.45, 2.75) is 13.5 Å². The zero-order valence-electron chi connectivity index (χ0n) is 13.8. The lowest BCUT2D eigenvalue weighted by Crippen LogP contribution is -2.22. The van der Waals surface area contributed by atoms with Crippen molar-refractivity contribution in [3.8, 4) is 0 Å². The van der Waals surface area contributed by atoms with Crippen molar-refractivity contribution < 1.29 is 14.3 Å². The number of thiophene rings is 1. The van der Waals surface area contributed by atoms with Crippen LogP contribution in [0.4, 0.5) is 0 Å². The van der Waals surface area contributed by atoms with Crippen LogP contribution in [0.2, 0.25) is 0 Å². The Bertz CT molecular complexity index is 1010. The topological polar surface area (TPSA) is 60.7 Å². The fourth-order valence-corrected chi connectivity index (χ4v) is 4.03. The number of carbonyl (C=O) groups is 2. The summed E-state index contributed by atoms with van der Waals surface area (Å²) >= 11 is 2.93. The molecule has 0 atom stereocenters. The van der Waals surface area contributed by atoms with E-state index in [0.717, 1.165) is 20.7 Å². The van der Waals surface area contributed by atoms with Gasteiger partial charge >= 0.3 is 5.97 Å². The molecule has 0 aliphatic carbocycles. The molecule has 2 aromatic heterocycles. The SMILES string of the molecule is COC(=O)Cn1c(=NC(=O)/C=C/c2cccs2)sc2cc(C)ccc21. The molecule has 0 radical (unpaired) electrons. The van der Waals surface area contributed by atoms with E-state index in [2.05, 4.69) is 4.99 Å². The molecule has 1 aromatic carbocycles. The fourth-order valence-electron chi connectivity index (χ4n) is 2.28. The van der Waals surface area contributed by atoms with E-state index in [1.54, 1.807) is 22.0 Å². The molecule has 0 N–H and O–H groups in total. The number of esters is 1. The first-order chi connectivity index (χ1) is 12.1. The van der Waals surface area contributed by atoms with Crippen LogP contribution in [-0.4, -0.2) is 23.6 Å². The van der Waals surface area contributed by atoms with Crippen LogP contribution in [0.5, 0.6) is 0 Å². The number of benzene rings is 1. The molecule has 25 heavy (non-hydrogen) atoms. The van der Waals surface area contributed by atoms with E-state index < -0.39 is 0 Å². The molecule has 0 spiro atoms. The lowest BCUT2D eigenvalue weighted by Gasteiger charge is -2.03. The summed E-state index contributed by atoms with van der Waals surface area (Å²) < 4.78 is 7.44. The Morgan fingerprint density at radius 3 is 2.88 bits per heavy atom. The zero-order chi connectivity index (χ0) is 17.8. The van der Waals surface area contributed by atoms with Crippen LogP contribution < -0.4 is 4.80 Å². The first kappa shape index (κ1) is 17.3. The van der Waals surface area contributed by atoms with Crippen molar-refractivity contribution in [2.75, 3.05) is 7.11 Å². The molecular weight excluding hydrogens is 356 g/mol. The fraction of sp³-hybridized carbons (Fsp3) is 0.167. The van der Waals surface area contributed by atoms with Gasteiger partial charge in [-0.05, 0) is 42.1 Å². The van der Waals surface area contributed by atoms with Crippen LogP contribution in [0.1, 0.15) is 10.4 Å². The van der Waals surface area contributed by atoms with Gasteiger partial charge < -0.3 is 9.30 Å². The molecule has 0 aliphatic heterocycles. The van der Waals surface area contributed by atoms with Crippen LogP contribution in [0.3, 0.4) is 0 Å². The van der Waals surface area contributed by atoms with Gasteiger partial charge in [0.25, 0.3) is 5.91 Å². The van der Waals surface area contributed by atoms with Gasteiger partial charge in [-0.2, -0.15) is 4.99 Å². The van der Waals surface area contributed by atoms with Crippen molar-refractivity contribution in [1.29, 1.82) is 0 Å². The number of methoxy groups -OCH3 is 1. The van der Waals surface area contributed by atoms with E-state index in [0.29, 0.717) is 4.80 Å². The van der Waals surface area contributed by atoms with Gasteiger partial charge in [0, 0.05) is 11.0 Å². The zero-order valence-corrected chi connectivity index (χ0v) is 15.4. The molecular formula is C18H16N2O3S2. The molecule has 2 heterocycles. The van der Waals surface area contributed by atoms with Gasteiger partial charge in [0.2, 0.25) is 0 Å². The Kier molecular flexibility index (Phi) is 5.25. The van der Waals surface area contributed by atoms with Gasteiger partial charge in [-0.15, -0.1) is 11.3 Å². The first-order valence-electron chi connectivity index (χ1n) is 7.54. The number of aryl methyl sites for hydroxylation is 1. The quantitative estimate of drug-likeness (QED) is 0.521. The Morgan fingerprint density at radius 1 is 1.32 bits per heavy atom. The summed E-state index contributed by atoms with van der Waals surface area (Å²) in [6.07, 6.45) is 3.17. The normalized spacial score (nSPS) is 12.2. The molecule has 0 unspecified atom stereocenters. The average molecular weight is 372 g/mol. The summed E-state index contributed by atoms with van der Waals surface area (Å²) in [5, 5.41) is 1.94. The molecule has 0 bridgehead atoms. The molecule has 7 heteroatoms. The number of rotatable bonds is 4. The van der Waals surface area contributed by atoms with E-state index in [-0.39, 0.29) is 18.4 Å². The summed E-state index contributed by atoms with van der Waals surface area (Å²) in [5.74, 6) is -0.751. The number of carbonyl (C=O) groups excluding carboxylic acids is 2. The third-order valence-electron chi connectivity index (χ3n) is 3.49. The molecule has 0 saturated carbocycles. The first-order valence-corrected chi connectivity index (χ1v) is 9.23. The smallest absolute Gasteiger partial charge is 0.325 e. The Hall–Kier alpha value is -2.51. The van der Waals surface area contributed by atoms with Crippen LogP contribution in [0, 0.1) is 6.92 Å². The van der Waals surface area contributed by atoms with Crippen LogP contribution in [0.15, 0.2) is 46.8 Å². The molecule has 5 nitrogen and oxygen atoms in total. The van der Waals surface area contributed by atoms with E-state index in [1.165, 1.54) is 24.5 Å². The number of ether oxygens (including phenoxy) is 1.